The van der Waals surface area contributed by atoms with Gasteiger partial charge in [0, 0.05) is 34.6 Å². The van der Waals surface area contributed by atoms with Crippen LogP contribution in [0.25, 0.3) is 0 Å². The van der Waals surface area contributed by atoms with Gasteiger partial charge in [-0.1, -0.05) is 11.6 Å². The van der Waals surface area contributed by atoms with Gasteiger partial charge >= 0.3 is 6.03 Å². The summed E-state index contributed by atoms with van der Waals surface area (Å²) in [7, 11) is 0. The quantitative estimate of drug-likeness (QED) is 0.622. The van der Waals surface area contributed by atoms with Crippen molar-refractivity contribution in [2.45, 2.75) is 17.9 Å². The number of rotatable bonds is 6. The lowest BCUT2D eigenvalue weighted by molar-refractivity contribution is 0.238. The lowest BCUT2D eigenvalue weighted by atomic mass is 10.1. The van der Waals surface area contributed by atoms with Crippen LogP contribution >= 0.6 is 23.4 Å². The van der Waals surface area contributed by atoms with Crippen molar-refractivity contribution in [1.82, 2.24) is 15.6 Å². The molecule has 2 amide bonds. The first-order chi connectivity index (χ1) is 10.6. The van der Waals surface area contributed by atoms with E-state index in [1.165, 1.54) is 0 Å². The average Bonchev–Trinajstić information content (AvgIpc) is 2.54. The number of carbonyl (C=O) groups excluding carboxylic acids is 1. The molecular weight excluding hydrogens is 318 g/mol. The highest BCUT2D eigenvalue weighted by Gasteiger charge is 2.08. The van der Waals surface area contributed by atoms with E-state index in [2.05, 4.69) is 15.6 Å². The Morgan fingerprint density at radius 2 is 1.91 bits per heavy atom. The minimum Gasteiger partial charge on any atom is -0.337 e. The van der Waals surface area contributed by atoms with Crippen molar-refractivity contribution in [2.75, 3.05) is 12.3 Å². The first-order valence-corrected chi connectivity index (χ1v) is 8.34. The highest BCUT2D eigenvalue weighted by atomic mass is 35.5. The number of hydrogen-bond donors (Lipinski definition) is 2. The van der Waals surface area contributed by atoms with E-state index in [4.69, 9.17) is 11.6 Å². The minimum atomic E-state index is -0.166. The molecule has 1 aromatic heterocycles. The van der Waals surface area contributed by atoms with Crippen molar-refractivity contribution >= 4 is 29.4 Å². The van der Waals surface area contributed by atoms with Gasteiger partial charge in [-0.25, -0.2) is 4.79 Å². The van der Waals surface area contributed by atoms with Gasteiger partial charge in [-0.05, 0) is 48.9 Å². The molecule has 6 heteroatoms. The number of halogens is 1. The number of aromatic nitrogens is 1. The average molecular weight is 336 g/mol. The van der Waals surface area contributed by atoms with Gasteiger partial charge in [0.05, 0.1) is 6.04 Å². The molecule has 0 aliphatic carbocycles. The van der Waals surface area contributed by atoms with Gasteiger partial charge in [0.1, 0.15) is 0 Å². The van der Waals surface area contributed by atoms with Gasteiger partial charge in [-0.2, -0.15) is 0 Å². The van der Waals surface area contributed by atoms with Crippen LogP contribution in [0.2, 0.25) is 5.02 Å². The van der Waals surface area contributed by atoms with Gasteiger partial charge in [0.2, 0.25) is 0 Å². The normalized spacial score (nSPS) is 11.7. The van der Waals surface area contributed by atoms with Gasteiger partial charge in [0.25, 0.3) is 0 Å². The largest absolute Gasteiger partial charge is 0.337 e. The summed E-state index contributed by atoms with van der Waals surface area (Å²) in [6, 6.07) is 11.2. The van der Waals surface area contributed by atoms with Gasteiger partial charge in [-0.3, -0.25) is 4.98 Å². The number of urea groups is 1. The molecule has 116 valence electrons. The van der Waals surface area contributed by atoms with Crippen LogP contribution in [0.15, 0.2) is 53.7 Å². The molecule has 1 aromatic carbocycles. The standard InChI is InChI=1S/C16H18ClN3OS/c1-12(13-6-8-18-9-7-13)20-16(21)19-10-11-22-15-4-2-14(17)3-5-15/h2-9,12H,10-11H2,1H3,(H2,19,20,21). The van der Waals surface area contributed by atoms with Crippen LogP contribution in [0.4, 0.5) is 4.79 Å². The third-order valence-corrected chi connectivity index (χ3v) is 4.29. The summed E-state index contributed by atoms with van der Waals surface area (Å²) in [5.41, 5.74) is 1.03. The minimum absolute atomic E-state index is 0.0491. The van der Waals surface area contributed by atoms with Crippen molar-refractivity contribution in [1.29, 1.82) is 0 Å². The maximum absolute atomic E-state index is 11.8. The first-order valence-electron chi connectivity index (χ1n) is 6.98. The Bertz CT molecular complexity index is 592. The van der Waals surface area contributed by atoms with E-state index >= 15 is 0 Å². The van der Waals surface area contributed by atoms with Crippen molar-refractivity contribution < 1.29 is 4.79 Å². The van der Waals surface area contributed by atoms with Gasteiger partial charge in [-0.15, -0.1) is 11.8 Å². The maximum Gasteiger partial charge on any atom is 0.315 e. The molecule has 0 fully saturated rings. The van der Waals surface area contributed by atoms with E-state index in [1.54, 1.807) is 24.2 Å². The number of pyridine rings is 1. The number of carbonyl (C=O) groups is 1. The molecule has 0 aliphatic heterocycles. The van der Waals surface area contributed by atoms with Crippen LogP contribution in [-0.2, 0) is 0 Å². The number of nitrogens with zero attached hydrogens (tertiary/aromatic N) is 1. The highest BCUT2D eigenvalue weighted by molar-refractivity contribution is 7.99. The third kappa shape index (κ3) is 5.58. The Balaban J connectivity index is 1.66. The van der Waals surface area contributed by atoms with E-state index in [0.717, 1.165) is 21.2 Å². The Morgan fingerprint density at radius 1 is 1.23 bits per heavy atom. The van der Waals surface area contributed by atoms with Gasteiger partial charge < -0.3 is 10.6 Å². The molecule has 2 N–H and O–H groups in total. The second kappa shape index (κ2) is 8.66. The zero-order valence-corrected chi connectivity index (χ0v) is 13.8. The Labute approximate surface area is 139 Å². The predicted molar refractivity (Wildman–Crippen MR) is 91.4 cm³/mol. The summed E-state index contributed by atoms with van der Waals surface area (Å²) in [5.74, 6) is 0.804. The summed E-state index contributed by atoms with van der Waals surface area (Å²) < 4.78 is 0. The monoisotopic (exact) mass is 335 g/mol. The molecule has 22 heavy (non-hydrogen) atoms. The molecule has 0 aliphatic rings. The number of amides is 2. The second-order valence-corrected chi connectivity index (χ2v) is 6.31. The van der Waals surface area contributed by atoms with Crippen LogP contribution in [-0.4, -0.2) is 23.3 Å². The fourth-order valence-electron chi connectivity index (χ4n) is 1.85. The SMILES string of the molecule is CC(NC(=O)NCCSc1ccc(Cl)cc1)c1ccncc1. The van der Waals surface area contributed by atoms with Crippen molar-refractivity contribution in [2.24, 2.45) is 0 Å². The third-order valence-electron chi connectivity index (χ3n) is 3.02. The summed E-state index contributed by atoms with van der Waals surface area (Å²) in [5, 5.41) is 6.48. The molecule has 1 unspecified atom stereocenters. The van der Waals surface area contributed by atoms with Crippen LogP contribution in [0.5, 0.6) is 0 Å². The molecule has 0 spiro atoms. The summed E-state index contributed by atoms with van der Waals surface area (Å²) in [6.45, 7) is 2.54. The second-order valence-electron chi connectivity index (χ2n) is 4.70. The predicted octanol–water partition coefficient (Wildman–Crippen LogP) is 3.89. The van der Waals surface area contributed by atoms with E-state index < -0.39 is 0 Å². The van der Waals surface area contributed by atoms with E-state index in [1.807, 2.05) is 43.3 Å². The van der Waals surface area contributed by atoms with Crippen molar-refractivity contribution in [3.05, 3.63) is 59.4 Å². The lowest BCUT2D eigenvalue weighted by Crippen LogP contribution is -2.38. The topological polar surface area (TPSA) is 54.0 Å². The van der Waals surface area contributed by atoms with E-state index in [0.29, 0.717) is 6.54 Å². The maximum atomic E-state index is 11.8. The molecule has 0 bridgehead atoms. The lowest BCUT2D eigenvalue weighted by Gasteiger charge is -2.14. The van der Waals surface area contributed by atoms with Crippen LogP contribution in [0.3, 0.4) is 0 Å². The van der Waals surface area contributed by atoms with Crippen molar-refractivity contribution in [3.8, 4) is 0 Å². The molecule has 2 aromatic rings. The smallest absolute Gasteiger partial charge is 0.315 e. The van der Waals surface area contributed by atoms with Crippen LogP contribution in [0.1, 0.15) is 18.5 Å². The number of nitrogens with one attached hydrogen (secondary N) is 2. The molecule has 0 saturated heterocycles. The Morgan fingerprint density at radius 3 is 2.59 bits per heavy atom. The number of thioether (sulfide) groups is 1. The fraction of sp³-hybridized carbons (Fsp3) is 0.250. The van der Waals surface area contributed by atoms with Crippen LogP contribution in [0, 0.1) is 0 Å². The molecule has 0 saturated carbocycles. The van der Waals surface area contributed by atoms with Crippen LogP contribution < -0.4 is 10.6 Å². The van der Waals surface area contributed by atoms with E-state index in [-0.39, 0.29) is 12.1 Å². The first kappa shape index (κ1) is 16.6. The number of hydrogen-bond acceptors (Lipinski definition) is 3. The zero-order chi connectivity index (χ0) is 15.8. The molecular formula is C16H18ClN3OS. The van der Waals surface area contributed by atoms with Crippen molar-refractivity contribution in [3.63, 3.8) is 0 Å². The molecule has 1 heterocycles. The molecule has 0 radical (unpaired) electrons. The fourth-order valence-corrected chi connectivity index (χ4v) is 2.74. The summed E-state index contributed by atoms with van der Waals surface area (Å²) in [4.78, 5) is 16.9. The van der Waals surface area contributed by atoms with E-state index in [9.17, 15) is 4.79 Å². The molecule has 1 atom stereocenters. The molecule has 2 rings (SSSR count). The Hall–Kier alpha value is -1.72. The Kier molecular flexibility index (Phi) is 6.55. The zero-order valence-electron chi connectivity index (χ0n) is 12.3. The summed E-state index contributed by atoms with van der Waals surface area (Å²) >= 11 is 7.51. The summed E-state index contributed by atoms with van der Waals surface area (Å²) in [6.07, 6.45) is 3.43. The van der Waals surface area contributed by atoms with Gasteiger partial charge in [0.15, 0.2) is 0 Å². The highest BCUT2D eigenvalue weighted by Crippen LogP contribution is 2.19. The molecule has 4 nitrogen and oxygen atoms in total. The number of benzene rings is 1.